The highest BCUT2D eigenvalue weighted by molar-refractivity contribution is 8.00. The Kier molecular flexibility index (Phi) is 4.95. The highest BCUT2D eigenvalue weighted by Crippen LogP contribution is 2.34. The number of piperidine rings is 1. The molecule has 0 saturated carbocycles. The van der Waals surface area contributed by atoms with Crippen LogP contribution in [-0.4, -0.2) is 40.8 Å². The Morgan fingerprint density at radius 3 is 3.14 bits per heavy atom. The molecule has 2 aromatic rings. The van der Waals surface area contributed by atoms with Crippen LogP contribution >= 0.6 is 23.1 Å². The average molecular weight is 336 g/mol. The van der Waals surface area contributed by atoms with Crippen molar-refractivity contribution < 1.29 is 4.79 Å². The summed E-state index contributed by atoms with van der Waals surface area (Å²) in [5, 5.41) is 8.41. The predicted octanol–water partition coefficient (Wildman–Crippen LogP) is 2.27. The van der Waals surface area contributed by atoms with Crippen LogP contribution in [0.1, 0.15) is 23.3 Å². The molecule has 3 rings (SSSR count). The molecule has 5 nitrogen and oxygen atoms in total. The lowest BCUT2D eigenvalue weighted by atomic mass is 10.1. The number of aromatic nitrogens is 2. The number of rotatable bonds is 4. The van der Waals surface area contributed by atoms with Gasteiger partial charge in [0.15, 0.2) is 0 Å². The third-order valence-corrected chi connectivity index (χ3v) is 6.04. The Labute approximate surface area is 138 Å². The van der Waals surface area contributed by atoms with Crippen molar-refractivity contribution >= 4 is 39.2 Å². The minimum atomic E-state index is 0.0788. The maximum absolute atomic E-state index is 12.1. The van der Waals surface area contributed by atoms with E-state index in [2.05, 4.69) is 34.4 Å². The van der Waals surface area contributed by atoms with Gasteiger partial charge in [-0.15, -0.1) is 11.3 Å². The van der Waals surface area contributed by atoms with Crippen molar-refractivity contribution in [3.63, 3.8) is 0 Å². The summed E-state index contributed by atoms with van der Waals surface area (Å²) in [6.07, 6.45) is 3.77. The van der Waals surface area contributed by atoms with Gasteiger partial charge in [-0.2, -0.15) is 0 Å². The third-order valence-electron chi connectivity index (χ3n) is 3.93. The zero-order chi connectivity index (χ0) is 15.5. The van der Waals surface area contributed by atoms with Gasteiger partial charge in [0.25, 0.3) is 0 Å². The number of nitrogens with one attached hydrogen (secondary N) is 2. The number of nitrogens with zero attached hydrogens (tertiary/aromatic N) is 2. The number of hydrogen-bond donors (Lipinski definition) is 2. The van der Waals surface area contributed by atoms with Gasteiger partial charge < -0.3 is 10.6 Å². The Bertz CT molecular complexity index is 679. The molecule has 0 bridgehead atoms. The van der Waals surface area contributed by atoms with E-state index in [0.717, 1.165) is 41.2 Å². The van der Waals surface area contributed by atoms with E-state index in [9.17, 15) is 4.79 Å². The topological polar surface area (TPSA) is 66.9 Å². The molecule has 1 fully saturated rings. The van der Waals surface area contributed by atoms with Gasteiger partial charge in [-0.3, -0.25) is 4.79 Å². The second-order valence-corrected chi connectivity index (χ2v) is 7.71. The lowest BCUT2D eigenvalue weighted by Gasteiger charge is -2.23. The van der Waals surface area contributed by atoms with Gasteiger partial charge in [0.2, 0.25) is 5.91 Å². The number of hydrogen-bond acceptors (Lipinski definition) is 6. The molecule has 1 amide bonds. The average Bonchev–Trinajstić information content (AvgIpc) is 2.82. The summed E-state index contributed by atoms with van der Waals surface area (Å²) in [6, 6.07) is 0.261. The normalized spacial score (nSPS) is 18.5. The molecular formula is C15H20N4OS2. The van der Waals surface area contributed by atoms with E-state index in [-0.39, 0.29) is 11.9 Å². The van der Waals surface area contributed by atoms with Crippen LogP contribution in [0.25, 0.3) is 10.2 Å². The molecule has 0 radical (unpaired) electrons. The molecule has 2 N–H and O–H groups in total. The Morgan fingerprint density at radius 1 is 1.50 bits per heavy atom. The zero-order valence-electron chi connectivity index (χ0n) is 12.8. The van der Waals surface area contributed by atoms with Crippen molar-refractivity contribution in [3.8, 4) is 0 Å². The summed E-state index contributed by atoms with van der Waals surface area (Å²) in [6.45, 7) is 6.11. The number of amides is 1. The van der Waals surface area contributed by atoms with Crippen molar-refractivity contribution in [1.29, 1.82) is 0 Å². The van der Waals surface area contributed by atoms with Crippen LogP contribution < -0.4 is 10.6 Å². The lowest BCUT2D eigenvalue weighted by molar-refractivity contribution is -0.119. The van der Waals surface area contributed by atoms with Crippen molar-refractivity contribution in [1.82, 2.24) is 20.6 Å². The molecule has 1 aliphatic rings. The minimum Gasteiger partial charge on any atom is -0.351 e. The van der Waals surface area contributed by atoms with E-state index >= 15 is 0 Å². The van der Waals surface area contributed by atoms with Crippen LogP contribution in [-0.2, 0) is 4.79 Å². The van der Waals surface area contributed by atoms with E-state index < -0.39 is 0 Å². The number of fused-ring (bicyclic) bond motifs is 1. The molecule has 3 heterocycles. The van der Waals surface area contributed by atoms with Crippen LogP contribution in [0.15, 0.2) is 11.4 Å². The lowest BCUT2D eigenvalue weighted by Crippen LogP contribution is -2.46. The highest BCUT2D eigenvalue weighted by Gasteiger charge is 2.17. The van der Waals surface area contributed by atoms with Crippen LogP contribution in [0.5, 0.6) is 0 Å². The van der Waals surface area contributed by atoms with E-state index in [1.165, 1.54) is 22.2 Å². The van der Waals surface area contributed by atoms with Gasteiger partial charge in [-0.05, 0) is 38.8 Å². The molecule has 0 aliphatic carbocycles. The van der Waals surface area contributed by atoms with Crippen LogP contribution in [0.2, 0.25) is 0 Å². The van der Waals surface area contributed by atoms with Crippen LogP contribution in [0.3, 0.4) is 0 Å². The maximum atomic E-state index is 12.1. The summed E-state index contributed by atoms with van der Waals surface area (Å²) in [5.41, 5.74) is 1.22. The Hall–Kier alpha value is -1.18. The van der Waals surface area contributed by atoms with Crippen LogP contribution in [0, 0.1) is 13.8 Å². The largest absolute Gasteiger partial charge is 0.351 e. The van der Waals surface area contributed by atoms with Gasteiger partial charge in [-0.1, -0.05) is 11.8 Å². The van der Waals surface area contributed by atoms with Crippen molar-refractivity contribution in [3.05, 3.63) is 16.8 Å². The van der Waals surface area contributed by atoms with Crippen molar-refractivity contribution in [2.45, 2.75) is 37.8 Å². The van der Waals surface area contributed by atoms with E-state index in [0.29, 0.717) is 5.75 Å². The first-order valence-corrected chi connectivity index (χ1v) is 9.29. The summed E-state index contributed by atoms with van der Waals surface area (Å²) in [7, 11) is 0. The smallest absolute Gasteiger partial charge is 0.230 e. The molecule has 1 aliphatic heterocycles. The van der Waals surface area contributed by atoms with Gasteiger partial charge in [0, 0.05) is 22.8 Å². The molecule has 0 unspecified atom stereocenters. The van der Waals surface area contributed by atoms with E-state index in [1.54, 1.807) is 17.7 Å². The van der Waals surface area contributed by atoms with Crippen molar-refractivity contribution in [2.75, 3.05) is 18.8 Å². The standard InChI is InChI=1S/C15H20N4OS2/c1-9-10(2)22-15-13(9)14(17-8-18-15)21-7-12(20)19-11-4-3-5-16-6-11/h8,11,16H,3-7H2,1-2H3,(H,19,20)/t11-/m0/s1. The van der Waals surface area contributed by atoms with Gasteiger partial charge in [0.05, 0.1) is 5.75 Å². The quantitative estimate of drug-likeness (QED) is 0.662. The van der Waals surface area contributed by atoms with Crippen molar-refractivity contribution in [2.24, 2.45) is 0 Å². The minimum absolute atomic E-state index is 0.0788. The molecule has 0 spiro atoms. The number of thiophene rings is 1. The fraction of sp³-hybridized carbons (Fsp3) is 0.533. The Balaban J connectivity index is 1.65. The monoisotopic (exact) mass is 336 g/mol. The molecule has 1 atom stereocenters. The molecule has 2 aromatic heterocycles. The fourth-order valence-corrected chi connectivity index (χ4v) is 4.57. The highest BCUT2D eigenvalue weighted by atomic mass is 32.2. The summed E-state index contributed by atoms with van der Waals surface area (Å²) >= 11 is 3.18. The van der Waals surface area contributed by atoms with Gasteiger partial charge >= 0.3 is 0 Å². The summed E-state index contributed by atoms with van der Waals surface area (Å²) in [5.74, 6) is 0.479. The van der Waals surface area contributed by atoms with Crippen LogP contribution in [0.4, 0.5) is 0 Å². The fourth-order valence-electron chi connectivity index (χ4n) is 2.64. The number of thioether (sulfide) groups is 1. The number of carbonyl (C=O) groups excluding carboxylic acids is 1. The van der Waals surface area contributed by atoms with Gasteiger partial charge in [-0.25, -0.2) is 9.97 Å². The number of aryl methyl sites for hydroxylation is 2. The molecule has 1 saturated heterocycles. The Morgan fingerprint density at radius 2 is 2.36 bits per heavy atom. The molecular weight excluding hydrogens is 316 g/mol. The summed E-state index contributed by atoms with van der Waals surface area (Å²) in [4.78, 5) is 23.1. The zero-order valence-corrected chi connectivity index (χ0v) is 14.4. The first-order chi connectivity index (χ1) is 10.6. The molecule has 0 aromatic carbocycles. The number of carbonyl (C=O) groups is 1. The van der Waals surface area contributed by atoms with E-state index in [1.807, 2.05) is 0 Å². The molecule has 22 heavy (non-hydrogen) atoms. The molecule has 7 heteroatoms. The van der Waals surface area contributed by atoms with E-state index in [4.69, 9.17) is 0 Å². The second kappa shape index (κ2) is 6.93. The molecule has 118 valence electrons. The first kappa shape index (κ1) is 15.7. The third kappa shape index (κ3) is 3.42. The van der Waals surface area contributed by atoms with Gasteiger partial charge in [0.1, 0.15) is 16.2 Å². The second-order valence-electron chi connectivity index (χ2n) is 5.54. The predicted molar refractivity (Wildman–Crippen MR) is 91.6 cm³/mol. The summed E-state index contributed by atoms with van der Waals surface area (Å²) < 4.78 is 0. The maximum Gasteiger partial charge on any atom is 0.230 e. The first-order valence-electron chi connectivity index (χ1n) is 7.48. The SMILES string of the molecule is Cc1sc2ncnc(SCC(=O)N[C@H]3CCCNC3)c2c1C.